The first-order chi connectivity index (χ1) is 13.8. The molecule has 0 aliphatic heterocycles. The zero-order valence-electron chi connectivity index (χ0n) is 17.9. The van der Waals surface area contributed by atoms with Gasteiger partial charge in [-0.25, -0.2) is 0 Å². The molecule has 0 aromatic heterocycles. The number of benzene rings is 2. The molecular weight excluding hydrogens is 368 g/mol. The third-order valence-corrected chi connectivity index (χ3v) is 4.83. The van der Waals surface area contributed by atoms with Crippen LogP contribution in [0, 0.1) is 13.8 Å². The Labute approximate surface area is 172 Å². The third-order valence-electron chi connectivity index (χ3n) is 4.83. The predicted molar refractivity (Wildman–Crippen MR) is 115 cm³/mol. The molecule has 156 valence electrons. The number of amides is 2. The fraction of sp³-hybridized carbons (Fsp3) is 0.391. The molecule has 0 aliphatic carbocycles. The lowest BCUT2D eigenvalue weighted by Crippen LogP contribution is -2.33. The zero-order valence-corrected chi connectivity index (χ0v) is 17.9. The Bertz CT molecular complexity index is 864. The van der Waals surface area contributed by atoms with Crippen molar-refractivity contribution in [3.63, 3.8) is 0 Å². The third kappa shape index (κ3) is 6.52. The van der Waals surface area contributed by atoms with Crippen molar-refractivity contribution in [3.8, 4) is 11.5 Å². The van der Waals surface area contributed by atoms with E-state index < -0.39 is 0 Å². The molecule has 29 heavy (non-hydrogen) atoms. The minimum absolute atomic E-state index is 0.0511. The van der Waals surface area contributed by atoms with Crippen LogP contribution in [0.3, 0.4) is 0 Å². The quantitative estimate of drug-likeness (QED) is 0.699. The Morgan fingerprint density at radius 2 is 1.69 bits per heavy atom. The highest BCUT2D eigenvalue weighted by Gasteiger charge is 2.13. The van der Waals surface area contributed by atoms with Crippen LogP contribution in [0.5, 0.6) is 11.5 Å². The molecule has 0 fully saturated rings. The first-order valence-corrected chi connectivity index (χ1v) is 9.67. The normalized spacial score (nSPS) is 10.4. The summed E-state index contributed by atoms with van der Waals surface area (Å²) in [5.41, 5.74) is 4.02. The largest absolute Gasteiger partial charge is 0.493 e. The smallest absolute Gasteiger partial charge is 0.226 e. The molecule has 1 N–H and O–H groups in total. The van der Waals surface area contributed by atoms with E-state index in [1.807, 2.05) is 50.2 Å². The van der Waals surface area contributed by atoms with E-state index >= 15 is 0 Å². The summed E-state index contributed by atoms with van der Waals surface area (Å²) < 4.78 is 10.6. The van der Waals surface area contributed by atoms with Gasteiger partial charge in [0.2, 0.25) is 11.8 Å². The summed E-state index contributed by atoms with van der Waals surface area (Å²) in [5, 5.41) is 2.93. The van der Waals surface area contributed by atoms with Gasteiger partial charge in [0.1, 0.15) is 0 Å². The number of carbonyl (C=O) groups is 2. The van der Waals surface area contributed by atoms with Gasteiger partial charge < -0.3 is 19.7 Å². The molecule has 2 aromatic carbocycles. The SMILES string of the molecule is COc1ccc(CCN(CCC(=O)Nc2ccc(C)cc2C)C(C)=O)cc1OC. The summed E-state index contributed by atoms with van der Waals surface area (Å²) in [7, 11) is 3.19. The maximum atomic E-state index is 12.3. The summed E-state index contributed by atoms with van der Waals surface area (Å²) in [6.45, 7) is 6.41. The molecule has 0 saturated heterocycles. The summed E-state index contributed by atoms with van der Waals surface area (Å²) in [6, 6.07) is 11.6. The second kappa shape index (κ2) is 10.5. The van der Waals surface area contributed by atoms with Crippen molar-refractivity contribution < 1.29 is 19.1 Å². The van der Waals surface area contributed by atoms with Crippen LogP contribution in [0.2, 0.25) is 0 Å². The maximum absolute atomic E-state index is 12.3. The Kier molecular flexibility index (Phi) is 8.07. The second-order valence-electron chi connectivity index (χ2n) is 7.06. The zero-order chi connectivity index (χ0) is 21.4. The van der Waals surface area contributed by atoms with Gasteiger partial charge in [-0.1, -0.05) is 23.8 Å². The topological polar surface area (TPSA) is 67.9 Å². The molecule has 2 rings (SSSR count). The van der Waals surface area contributed by atoms with Crippen LogP contribution >= 0.6 is 0 Å². The Balaban J connectivity index is 1.91. The van der Waals surface area contributed by atoms with Gasteiger partial charge in [0.05, 0.1) is 14.2 Å². The van der Waals surface area contributed by atoms with Crippen molar-refractivity contribution in [2.24, 2.45) is 0 Å². The summed E-state index contributed by atoms with van der Waals surface area (Å²) >= 11 is 0. The van der Waals surface area contributed by atoms with Crippen molar-refractivity contribution in [2.75, 3.05) is 32.6 Å². The number of nitrogens with one attached hydrogen (secondary N) is 1. The number of hydrogen-bond donors (Lipinski definition) is 1. The van der Waals surface area contributed by atoms with Gasteiger partial charge in [0.15, 0.2) is 11.5 Å². The minimum atomic E-state index is -0.102. The van der Waals surface area contributed by atoms with Crippen molar-refractivity contribution in [3.05, 3.63) is 53.1 Å². The van der Waals surface area contributed by atoms with E-state index in [1.54, 1.807) is 19.1 Å². The van der Waals surface area contributed by atoms with Gasteiger partial charge in [-0.05, 0) is 49.6 Å². The van der Waals surface area contributed by atoms with E-state index in [0.717, 1.165) is 22.4 Å². The van der Waals surface area contributed by atoms with Crippen LogP contribution in [0.25, 0.3) is 0 Å². The number of methoxy groups -OCH3 is 2. The van der Waals surface area contributed by atoms with Gasteiger partial charge in [-0.3, -0.25) is 9.59 Å². The molecule has 0 radical (unpaired) electrons. The summed E-state index contributed by atoms with van der Waals surface area (Å²) in [6.07, 6.45) is 0.914. The Hall–Kier alpha value is -3.02. The van der Waals surface area contributed by atoms with E-state index in [-0.39, 0.29) is 18.2 Å². The van der Waals surface area contributed by atoms with Crippen molar-refractivity contribution >= 4 is 17.5 Å². The molecule has 0 spiro atoms. The number of aryl methyl sites for hydroxylation is 2. The maximum Gasteiger partial charge on any atom is 0.226 e. The van der Waals surface area contributed by atoms with Crippen molar-refractivity contribution in [1.82, 2.24) is 4.90 Å². The second-order valence-corrected chi connectivity index (χ2v) is 7.06. The number of nitrogens with zero attached hydrogens (tertiary/aromatic N) is 1. The number of hydrogen-bond acceptors (Lipinski definition) is 4. The van der Waals surface area contributed by atoms with Crippen molar-refractivity contribution in [1.29, 1.82) is 0 Å². The number of rotatable bonds is 9. The van der Waals surface area contributed by atoms with E-state index in [2.05, 4.69) is 5.32 Å². The monoisotopic (exact) mass is 398 g/mol. The van der Waals surface area contributed by atoms with E-state index in [0.29, 0.717) is 31.0 Å². The number of anilines is 1. The minimum Gasteiger partial charge on any atom is -0.493 e. The van der Waals surface area contributed by atoms with Gasteiger partial charge in [-0.2, -0.15) is 0 Å². The molecule has 0 unspecified atom stereocenters. The molecule has 2 amide bonds. The van der Waals surface area contributed by atoms with Crippen LogP contribution in [0.15, 0.2) is 36.4 Å². The lowest BCUT2D eigenvalue weighted by Gasteiger charge is -2.21. The molecule has 0 saturated carbocycles. The van der Waals surface area contributed by atoms with Crippen LogP contribution < -0.4 is 14.8 Å². The van der Waals surface area contributed by atoms with E-state index in [4.69, 9.17) is 9.47 Å². The van der Waals surface area contributed by atoms with Crippen LogP contribution in [0.1, 0.15) is 30.0 Å². The summed E-state index contributed by atoms with van der Waals surface area (Å²) in [5.74, 6) is 1.18. The lowest BCUT2D eigenvalue weighted by molar-refractivity contribution is -0.129. The fourth-order valence-electron chi connectivity index (χ4n) is 3.13. The predicted octanol–water partition coefficient (Wildman–Crippen LogP) is 3.74. The molecule has 0 aliphatic rings. The first kappa shape index (κ1) is 22.3. The molecule has 0 bridgehead atoms. The molecule has 6 heteroatoms. The fourth-order valence-corrected chi connectivity index (χ4v) is 3.13. The molecular formula is C23H30N2O4. The molecule has 0 atom stereocenters. The molecule has 6 nitrogen and oxygen atoms in total. The van der Waals surface area contributed by atoms with E-state index in [9.17, 15) is 9.59 Å². The highest BCUT2D eigenvalue weighted by atomic mass is 16.5. The first-order valence-electron chi connectivity index (χ1n) is 9.67. The van der Waals surface area contributed by atoms with Gasteiger partial charge in [0.25, 0.3) is 0 Å². The van der Waals surface area contributed by atoms with Gasteiger partial charge in [-0.15, -0.1) is 0 Å². The highest BCUT2D eigenvalue weighted by molar-refractivity contribution is 5.91. The van der Waals surface area contributed by atoms with Crippen LogP contribution in [0.4, 0.5) is 5.69 Å². The highest BCUT2D eigenvalue weighted by Crippen LogP contribution is 2.27. The Morgan fingerprint density at radius 1 is 0.966 bits per heavy atom. The average Bonchev–Trinajstić information content (AvgIpc) is 2.69. The van der Waals surface area contributed by atoms with Gasteiger partial charge in [0, 0.05) is 32.1 Å². The number of carbonyl (C=O) groups excluding carboxylic acids is 2. The number of ether oxygens (including phenoxy) is 2. The van der Waals surface area contributed by atoms with E-state index in [1.165, 1.54) is 6.92 Å². The van der Waals surface area contributed by atoms with Crippen LogP contribution in [-0.4, -0.2) is 44.0 Å². The lowest BCUT2D eigenvalue weighted by atomic mass is 10.1. The molecule has 0 heterocycles. The standard InChI is InChI=1S/C23H30N2O4/c1-16-6-8-20(17(2)14-16)24-23(27)11-13-25(18(3)26)12-10-19-7-9-21(28-4)22(15-19)29-5/h6-9,14-15H,10-13H2,1-5H3,(H,24,27). The van der Waals surface area contributed by atoms with Gasteiger partial charge >= 0.3 is 0 Å². The van der Waals surface area contributed by atoms with Crippen LogP contribution in [-0.2, 0) is 16.0 Å². The average molecular weight is 399 g/mol. The Morgan fingerprint density at radius 3 is 2.31 bits per heavy atom. The molecule has 2 aromatic rings. The van der Waals surface area contributed by atoms with Crippen molar-refractivity contribution in [2.45, 2.75) is 33.6 Å². The summed E-state index contributed by atoms with van der Waals surface area (Å²) in [4.78, 5) is 26.0.